The summed E-state index contributed by atoms with van der Waals surface area (Å²) < 4.78 is 105. The molecule has 0 heterocycles. The first kappa shape index (κ1) is 47.0. The third kappa shape index (κ3) is 12.0. The predicted octanol–water partition coefficient (Wildman–Crippen LogP) is 13.9. The first-order chi connectivity index (χ1) is 28.7. The molecule has 8 aliphatic rings. The molecule has 13 heteroatoms. The molecule has 61 heavy (non-hydrogen) atoms. The molecule has 2 aromatic carbocycles. The van der Waals surface area contributed by atoms with E-state index in [4.69, 9.17) is 28.0 Å². The Kier molecular flexibility index (Phi) is 14.5. The van der Waals surface area contributed by atoms with Crippen LogP contribution in [0.2, 0.25) is 0 Å². The molecule has 0 aliphatic heterocycles. The highest BCUT2D eigenvalue weighted by molar-refractivity contribution is 9.09. The van der Waals surface area contributed by atoms with Crippen molar-refractivity contribution in [2.75, 3.05) is 37.9 Å². The molecule has 0 amide bonds. The van der Waals surface area contributed by atoms with Crippen molar-refractivity contribution in [3.63, 3.8) is 0 Å². The van der Waals surface area contributed by atoms with E-state index in [1.807, 2.05) is 41.5 Å². The number of hydrogen-bond donors (Lipinski definition) is 0. The molecule has 8 saturated carbocycles. The number of benzene rings is 2. The highest BCUT2D eigenvalue weighted by Crippen LogP contribution is 2.61. The van der Waals surface area contributed by atoms with Gasteiger partial charge in [0.1, 0.15) is 0 Å². The van der Waals surface area contributed by atoms with Gasteiger partial charge >= 0.3 is 7.60 Å². The lowest BCUT2D eigenvalue weighted by Crippen LogP contribution is -2.48. The van der Waals surface area contributed by atoms with Gasteiger partial charge in [0, 0.05) is 16.2 Å². The van der Waals surface area contributed by atoms with Crippen molar-refractivity contribution in [2.24, 2.45) is 46.3 Å². The highest BCUT2D eigenvalue weighted by Gasteiger charge is 2.52. The van der Waals surface area contributed by atoms with Gasteiger partial charge in [-0.15, -0.1) is 0 Å². The van der Waals surface area contributed by atoms with Gasteiger partial charge in [-0.1, -0.05) is 15.9 Å². The van der Waals surface area contributed by atoms with Crippen LogP contribution in [0.4, 0.5) is 17.6 Å². The van der Waals surface area contributed by atoms with Crippen LogP contribution >= 0.6 is 23.5 Å². The van der Waals surface area contributed by atoms with Crippen LogP contribution in [-0.4, -0.2) is 49.1 Å². The summed E-state index contributed by atoms with van der Waals surface area (Å²) in [6, 6.07) is 5.83. The van der Waals surface area contributed by atoms with E-state index in [0.717, 1.165) is 66.5 Å². The van der Waals surface area contributed by atoms with Crippen molar-refractivity contribution in [3.8, 4) is 23.0 Å². The molecule has 8 aliphatic carbocycles. The lowest BCUT2D eigenvalue weighted by atomic mass is 9.50. The number of rotatable bonds is 17. The molecule has 7 nitrogen and oxygen atoms in total. The zero-order valence-corrected chi connectivity index (χ0v) is 39.6. The van der Waals surface area contributed by atoms with E-state index < -0.39 is 42.1 Å². The number of alkyl halides is 1. The molecular weight excluding hydrogens is 875 g/mol. The quantitative estimate of drug-likeness (QED) is 0.0677. The smallest absolute Gasteiger partial charge is 0.331 e. The van der Waals surface area contributed by atoms with Crippen LogP contribution in [0.3, 0.4) is 0 Å². The van der Waals surface area contributed by atoms with Crippen molar-refractivity contribution in [1.29, 1.82) is 0 Å². The van der Waals surface area contributed by atoms with Gasteiger partial charge in [-0.05, 0) is 191 Å². The topological polar surface area (TPSA) is 72.5 Å². The van der Waals surface area contributed by atoms with Crippen LogP contribution in [0.15, 0.2) is 24.3 Å². The van der Waals surface area contributed by atoms with E-state index in [9.17, 15) is 22.1 Å². The number of halogens is 5. The fraction of sp³-hybridized carbons (Fsp3) is 0.750. The average Bonchev–Trinajstić information content (AvgIpc) is 3.14. The highest BCUT2D eigenvalue weighted by atomic mass is 79.9. The Morgan fingerprint density at radius 2 is 0.836 bits per heavy atom. The second-order valence-electron chi connectivity index (χ2n) is 21.6. The molecule has 0 radical (unpaired) electrons. The van der Waals surface area contributed by atoms with Gasteiger partial charge in [0.15, 0.2) is 23.0 Å². The fourth-order valence-corrected chi connectivity index (χ4v) is 15.1. The molecule has 8 fully saturated rings. The zero-order valence-electron chi connectivity index (χ0n) is 37.1. The van der Waals surface area contributed by atoms with Gasteiger partial charge in [-0.2, -0.15) is 17.6 Å². The van der Waals surface area contributed by atoms with Crippen LogP contribution in [0.1, 0.15) is 131 Å². The van der Waals surface area contributed by atoms with Crippen molar-refractivity contribution in [3.05, 3.63) is 47.5 Å². The Balaban J connectivity index is 0.000000196. The van der Waals surface area contributed by atoms with E-state index in [2.05, 4.69) is 15.9 Å². The zero-order chi connectivity index (χ0) is 43.8. The Morgan fingerprint density at radius 3 is 1.13 bits per heavy atom. The van der Waals surface area contributed by atoms with Crippen molar-refractivity contribution < 1.29 is 50.1 Å². The monoisotopic (exact) mass is 942 g/mol. The standard InChI is InChI=1S/C28H43F2O5P.C20H25BrF2O2/c1-26(2,3)34-36(31,35-27(4,5)6)11-7-10-32-22-8-9-23(25(30)24(22)29)33-18-28-15-19-12-20(16-28)14-21(13-19)17-28;21-4-1-5-24-16-2-3-17(19(23)18(16)22)25-12-20-9-13-6-14(10-20)8-15(7-13)11-20/h8-9,19-21H,7,10-18H2,1-6H3;2-3,13-15H,1,4-12H2. The molecule has 0 spiro atoms. The molecule has 0 aromatic heterocycles. The van der Waals surface area contributed by atoms with Crippen LogP contribution in [0.25, 0.3) is 0 Å². The maximum absolute atomic E-state index is 14.8. The molecule has 342 valence electrons. The fourth-order valence-electron chi connectivity index (χ4n) is 12.5. The third-order valence-corrected chi connectivity index (χ3v) is 16.7. The third-order valence-electron chi connectivity index (χ3n) is 13.6. The van der Waals surface area contributed by atoms with Crippen LogP contribution in [0.5, 0.6) is 23.0 Å². The van der Waals surface area contributed by atoms with Crippen LogP contribution < -0.4 is 18.9 Å². The SMILES string of the molecule is CC(C)(C)OP(=O)(CCCOc1ccc(OCC23CC4CC(CC(C4)C2)C3)c(F)c1F)OC(C)(C)C.Fc1c(OCCCBr)ccc(OCC23CC4CC(CC(C4)C2)C3)c1F. The first-order valence-electron chi connectivity index (χ1n) is 22.8. The Bertz CT molecular complexity index is 1790. The van der Waals surface area contributed by atoms with Gasteiger partial charge in [0.2, 0.25) is 23.3 Å². The van der Waals surface area contributed by atoms with E-state index >= 15 is 0 Å². The molecule has 8 bridgehead atoms. The summed E-state index contributed by atoms with van der Waals surface area (Å²) in [5.74, 6) is 0.564. The maximum Gasteiger partial charge on any atom is 0.331 e. The van der Waals surface area contributed by atoms with E-state index in [1.54, 1.807) is 0 Å². The summed E-state index contributed by atoms with van der Waals surface area (Å²) in [5.41, 5.74) is -1.00. The predicted molar refractivity (Wildman–Crippen MR) is 233 cm³/mol. The summed E-state index contributed by atoms with van der Waals surface area (Å²) in [4.78, 5) is 0. The summed E-state index contributed by atoms with van der Waals surface area (Å²) >= 11 is 3.29. The Morgan fingerprint density at radius 1 is 0.541 bits per heavy atom. The van der Waals surface area contributed by atoms with E-state index in [1.165, 1.54) is 82.1 Å². The van der Waals surface area contributed by atoms with Gasteiger partial charge in [-0.25, -0.2) is 0 Å². The number of ether oxygens (including phenoxy) is 4. The molecule has 0 saturated heterocycles. The minimum Gasteiger partial charge on any atom is -0.490 e. The number of hydrogen-bond acceptors (Lipinski definition) is 7. The first-order valence-corrected chi connectivity index (χ1v) is 25.6. The van der Waals surface area contributed by atoms with E-state index in [0.29, 0.717) is 26.2 Å². The minimum atomic E-state index is -3.41. The van der Waals surface area contributed by atoms with Gasteiger partial charge < -0.3 is 28.0 Å². The lowest BCUT2D eigenvalue weighted by Gasteiger charge is -2.56. The van der Waals surface area contributed by atoms with Crippen LogP contribution in [-0.2, 0) is 13.6 Å². The summed E-state index contributed by atoms with van der Waals surface area (Å²) in [6.45, 7) is 12.2. The molecule has 0 N–H and O–H groups in total. The lowest BCUT2D eigenvalue weighted by molar-refractivity contribution is -0.0751. The Labute approximate surface area is 369 Å². The van der Waals surface area contributed by atoms with Gasteiger partial charge in [0.05, 0.1) is 43.8 Å². The summed E-state index contributed by atoms with van der Waals surface area (Å²) in [6.07, 6.45) is 16.2. The second-order valence-corrected chi connectivity index (χ2v) is 24.5. The van der Waals surface area contributed by atoms with Crippen LogP contribution in [0, 0.1) is 69.6 Å². The van der Waals surface area contributed by atoms with E-state index in [-0.39, 0.29) is 46.6 Å². The molecule has 0 atom stereocenters. The minimum absolute atomic E-state index is 0.0149. The summed E-state index contributed by atoms with van der Waals surface area (Å²) in [7, 11) is -3.41. The van der Waals surface area contributed by atoms with Crippen molar-refractivity contribution >= 4 is 23.5 Å². The second kappa shape index (κ2) is 18.8. The van der Waals surface area contributed by atoms with Crippen molar-refractivity contribution in [2.45, 2.75) is 143 Å². The van der Waals surface area contributed by atoms with Gasteiger partial charge in [0.25, 0.3) is 0 Å². The largest absolute Gasteiger partial charge is 0.490 e. The van der Waals surface area contributed by atoms with Gasteiger partial charge in [-0.3, -0.25) is 4.57 Å². The molecule has 0 unspecified atom stereocenters. The molecule has 2 aromatic rings. The Hall–Kier alpha value is -2.01. The normalized spacial score (nSPS) is 30.0. The summed E-state index contributed by atoms with van der Waals surface area (Å²) in [5, 5.41) is 0.767. The molecular formula is C48H68BrF4O7P. The average molecular weight is 944 g/mol. The maximum atomic E-state index is 14.8. The molecule has 10 rings (SSSR count). The van der Waals surface area contributed by atoms with Crippen molar-refractivity contribution in [1.82, 2.24) is 0 Å².